The minimum atomic E-state index is -0.665. The summed E-state index contributed by atoms with van der Waals surface area (Å²) in [6, 6.07) is 4.70. The Hall–Kier alpha value is -2.41. The van der Waals surface area contributed by atoms with Gasteiger partial charge in [-0.15, -0.1) is 0 Å². The molecule has 1 aromatic rings. The van der Waals surface area contributed by atoms with E-state index in [4.69, 9.17) is 4.74 Å². The summed E-state index contributed by atoms with van der Waals surface area (Å²) in [5.74, 6) is -0.880. The second-order valence-corrected chi connectivity index (χ2v) is 6.30. The SMILES string of the molecule is COC(=O)C1=C(CN2CCCCC2)NC(=O)N[C@H]1c1ccc(F)cc1. The number of hydrogen-bond acceptors (Lipinski definition) is 4. The molecular formula is C18H22FN3O3. The summed E-state index contributed by atoms with van der Waals surface area (Å²) in [7, 11) is 1.31. The molecule has 1 aromatic carbocycles. The molecule has 1 atom stereocenters. The van der Waals surface area contributed by atoms with Gasteiger partial charge in [0, 0.05) is 12.2 Å². The van der Waals surface area contributed by atoms with Crippen molar-refractivity contribution in [3.63, 3.8) is 0 Å². The Kier molecular flexibility index (Phi) is 5.33. The zero-order chi connectivity index (χ0) is 17.8. The molecule has 0 saturated carbocycles. The van der Waals surface area contributed by atoms with E-state index in [9.17, 15) is 14.0 Å². The highest BCUT2D eigenvalue weighted by molar-refractivity contribution is 5.95. The lowest BCUT2D eigenvalue weighted by atomic mass is 9.94. The van der Waals surface area contributed by atoms with Crippen molar-refractivity contribution in [2.24, 2.45) is 0 Å². The molecule has 2 aliphatic rings. The smallest absolute Gasteiger partial charge is 0.338 e. The molecule has 0 unspecified atom stereocenters. The minimum Gasteiger partial charge on any atom is -0.466 e. The van der Waals surface area contributed by atoms with Crippen LogP contribution in [-0.4, -0.2) is 43.6 Å². The molecule has 25 heavy (non-hydrogen) atoms. The van der Waals surface area contributed by atoms with Gasteiger partial charge in [-0.1, -0.05) is 18.6 Å². The molecule has 3 rings (SSSR count). The van der Waals surface area contributed by atoms with Gasteiger partial charge < -0.3 is 15.4 Å². The number of piperidine rings is 1. The molecule has 2 heterocycles. The Morgan fingerprint density at radius 1 is 1.24 bits per heavy atom. The number of ether oxygens (including phenoxy) is 1. The Labute approximate surface area is 146 Å². The van der Waals surface area contributed by atoms with Crippen molar-refractivity contribution in [1.29, 1.82) is 0 Å². The average molecular weight is 347 g/mol. The number of carbonyl (C=O) groups excluding carboxylic acids is 2. The molecule has 2 N–H and O–H groups in total. The van der Waals surface area contributed by atoms with Gasteiger partial charge in [0.15, 0.2) is 0 Å². The largest absolute Gasteiger partial charge is 0.466 e. The van der Waals surface area contributed by atoms with Crippen molar-refractivity contribution in [1.82, 2.24) is 15.5 Å². The fourth-order valence-corrected chi connectivity index (χ4v) is 3.34. The highest BCUT2D eigenvalue weighted by atomic mass is 19.1. The van der Waals surface area contributed by atoms with Crippen molar-refractivity contribution < 1.29 is 18.7 Å². The highest BCUT2D eigenvalue weighted by Gasteiger charge is 2.34. The number of nitrogens with zero attached hydrogens (tertiary/aromatic N) is 1. The van der Waals surface area contributed by atoms with E-state index in [1.54, 1.807) is 12.1 Å². The Morgan fingerprint density at radius 3 is 2.56 bits per heavy atom. The van der Waals surface area contributed by atoms with Gasteiger partial charge in [-0.3, -0.25) is 4.90 Å². The van der Waals surface area contributed by atoms with Gasteiger partial charge in [-0.2, -0.15) is 0 Å². The summed E-state index contributed by atoms with van der Waals surface area (Å²) in [5.41, 5.74) is 1.54. The topological polar surface area (TPSA) is 70.7 Å². The van der Waals surface area contributed by atoms with Gasteiger partial charge in [0.25, 0.3) is 0 Å². The van der Waals surface area contributed by atoms with Crippen molar-refractivity contribution in [3.8, 4) is 0 Å². The molecule has 6 nitrogen and oxygen atoms in total. The van der Waals surface area contributed by atoms with Crippen LogP contribution in [-0.2, 0) is 9.53 Å². The number of methoxy groups -OCH3 is 1. The molecular weight excluding hydrogens is 325 g/mol. The molecule has 0 bridgehead atoms. The molecule has 0 radical (unpaired) electrons. The molecule has 2 amide bonds. The predicted molar refractivity (Wildman–Crippen MR) is 90.1 cm³/mol. The summed E-state index contributed by atoms with van der Waals surface area (Å²) in [5, 5.41) is 5.49. The predicted octanol–water partition coefficient (Wildman–Crippen LogP) is 2.09. The van der Waals surface area contributed by atoms with Crippen molar-refractivity contribution in [3.05, 3.63) is 46.9 Å². The minimum absolute atomic E-state index is 0.360. The van der Waals surface area contributed by atoms with Crippen LogP contribution in [0.3, 0.4) is 0 Å². The molecule has 134 valence electrons. The fourth-order valence-electron chi connectivity index (χ4n) is 3.34. The van der Waals surface area contributed by atoms with Crippen molar-refractivity contribution >= 4 is 12.0 Å². The third-order valence-electron chi connectivity index (χ3n) is 4.59. The maximum Gasteiger partial charge on any atom is 0.338 e. The van der Waals surface area contributed by atoms with Gasteiger partial charge in [0.1, 0.15) is 5.82 Å². The van der Waals surface area contributed by atoms with E-state index in [1.165, 1.54) is 25.7 Å². The Balaban J connectivity index is 1.96. The maximum atomic E-state index is 13.2. The van der Waals surface area contributed by atoms with E-state index in [1.807, 2.05) is 0 Å². The van der Waals surface area contributed by atoms with Gasteiger partial charge in [0.05, 0.1) is 18.7 Å². The number of esters is 1. The third-order valence-corrected chi connectivity index (χ3v) is 4.59. The maximum absolute atomic E-state index is 13.2. The highest BCUT2D eigenvalue weighted by Crippen LogP contribution is 2.28. The lowest BCUT2D eigenvalue weighted by Crippen LogP contribution is -2.48. The van der Waals surface area contributed by atoms with Gasteiger partial charge in [-0.25, -0.2) is 14.0 Å². The first-order valence-electron chi connectivity index (χ1n) is 8.45. The van der Waals surface area contributed by atoms with Crippen LogP contribution in [0.15, 0.2) is 35.5 Å². The summed E-state index contributed by atoms with van der Waals surface area (Å²) in [4.78, 5) is 26.8. The van der Waals surface area contributed by atoms with E-state index < -0.39 is 12.0 Å². The number of carbonyl (C=O) groups is 2. The van der Waals surface area contributed by atoms with E-state index >= 15 is 0 Å². The van der Waals surface area contributed by atoms with Crippen LogP contribution >= 0.6 is 0 Å². The first-order chi connectivity index (χ1) is 12.1. The second-order valence-electron chi connectivity index (χ2n) is 6.30. The number of urea groups is 1. The van der Waals surface area contributed by atoms with Gasteiger partial charge in [0.2, 0.25) is 0 Å². The van der Waals surface area contributed by atoms with Crippen molar-refractivity contribution in [2.75, 3.05) is 26.7 Å². The van der Waals surface area contributed by atoms with E-state index in [-0.39, 0.29) is 11.8 Å². The molecule has 0 aliphatic carbocycles. The first-order valence-corrected chi connectivity index (χ1v) is 8.45. The molecule has 1 fully saturated rings. The third kappa shape index (κ3) is 3.99. The van der Waals surface area contributed by atoms with Crippen LogP contribution in [0.4, 0.5) is 9.18 Å². The number of halogens is 1. The number of amides is 2. The first kappa shape index (κ1) is 17.4. The van der Waals surface area contributed by atoms with Crippen LogP contribution in [0, 0.1) is 5.82 Å². The lowest BCUT2D eigenvalue weighted by Gasteiger charge is -2.33. The van der Waals surface area contributed by atoms with Crippen molar-refractivity contribution in [2.45, 2.75) is 25.3 Å². The van der Waals surface area contributed by atoms with E-state index in [2.05, 4.69) is 15.5 Å². The number of benzene rings is 1. The number of likely N-dealkylation sites (tertiary alicyclic amines) is 1. The molecule has 2 aliphatic heterocycles. The number of rotatable bonds is 4. The van der Waals surface area contributed by atoms with Crippen LogP contribution in [0.25, 0.3) is 0 Å². The Morgan fingerprint density at radius 2 is 1.92 bits per heavy atom. The molecule has 0 spiro atoms. The average Bonchev–Trinajstić information content (AvgIpc) is 2.62. The molecule has 7 heteroatoms. The second kappa shape index (κ2) is 7.65. The van der Waals surface area contributed by atoms with Crippen LogP contribution < -0.4 is 10.6 Å². The monoisotopic (exact) mass is 347 g/mol. The zero-order valence-corrected chi connectivity index (χ0v) is 14.2. The van der Waals surface area contributed by atoms with Crippen LogP contribution in [0.2, 0.25) is 0 Å². The number of hydrogen-bond donors (Lipinski definition) is 2. The van der Waals surface area contributed by atoms with Crippen LogP contribution in [0.1, 0.15) is 30.9 Å². The molecule has 1 saturated heterocycles. The standard InChI is InChI=1S/C18H22FN3O3/c1-25-17(23)15-14(11-22-9-3-2-4-10-22)20-18(24)21-16(15)12-5-7-13(19)8-6-12/h5-8,16H,2-4,9-11H2,1H3,(H2,20,21,24)/t16-/m0/s1. The van der Waals surface area contributed by atoms with Crippen LogP contribution in [0.5, 0.6) is 0 Å². The summed E-state index contributed by atoms with van der Waals surface area (Å²) >= 11 is 0. The lowest BCUT2D eigenvalue weighted by molar-refractivity contribution is -0.136. The normalized spacial score (nSPS) is 21.5. The van der Waals surface area contributed by atoms with E-state index in [0.717, 1.165) is 25.9 Å². The zero-order valence-electron chi connectivity index (χ0n) is 14.2. The summed E-state index contributed by atoms with van der Waals surface area (Å²) < 4.78 is 18.2. The van der Waals surface area contributed by atoms with Gasteiger partial charge in [-0.05, 0) is 43.6 Å². The molecule has 0 aromatic heterocycles. The summed E-state index contributed by atoms with van der Waals surface area (Å²) in [6.45, 7) is 2.35. The Bertz CT molecular complexity index is 681. The fraction of sp³-hybridized carbons (Fsp3) is 0.444. The quantitative estimate of drug-likeness (QED) is 0.819. The number of nitrogens with one attached hydrogen (secondary N) is 2. The van der Waals surface area contributed by atoms with Gasteiger partial charge >= 0.3 is 12.0 Å². The van der Waals surface area contributed by atoms with E-state index in [0.29, 0.717) is 23.4 Å². The summed E-state index contributed by atoms with van der Waals surface area (Å²) in [6.07, 6.45) is 3.41.